The number of carbonyl (C=O) groups is 1. The lowest BCUT2D eigenvalue weighted by Gasteiger charge is -2.16. The Hall–Kier alpha value is -2.94. The molecule has 0 aliphatic carbocycles. The Bertz CT molecular complexity index is 846. The van der Waals surface area contributed by atoms with Gasteiger partial charge in [-0.25, -0.2) is 0 Å². The number of Topliss-reactive ketones (excluding diaryl/α,β-unsaturated/α-hetero) is 1. The van der Waals surface area contributed by atoms with E-state index in [0.29, 0.717) is 5.56 Å². The highest BCUT2D eigenvalue weighted by Crippen LogP contribution is 2.25. The van der Waals surface area contributed by atoms with Gasteiger partial charge < -0.3 is 5.11 Å². The fraction of sp³-hybridized carbons (Fsp3) is 0.294. The molecular weight excluding hydrogens is 294 g/mol. The van der Waals surface area contributed by atoms with Gasteiger partial charge in [-0.15, -0.1) is 0 Å². The van der Waals surface area contributed by atoms with E-state index < -0.39 is 11.4 Å². The van der Waals surface area contributed by atoms with Gasteiger partial charge in [0.05, 0.1) is 12.1 Å². The van der Waals surface area contributed by atoms with Gasteiger partial charge in [0.2, 0.25) is 5.88 Å². The zero-order valence-electron chi connectivity index (χ0n) is 13.2. The summed E-state index contributed by atoms with van der Waals surface area (Å²) in [6.07, 6.45) is 3.15. The number of aromatic nitrogens is 2. The van der Waals surface area contributed by atoms with Crippen LogP contribution in [0.3, 0.4) is 0 Å². The molecule has 0 saturated carbocycles. The number of nitrogens with zero attached hydrogens (tertiary/aromatic N) is 3. The van der Waals surface area contributed by atoms with Gasteiger partial charge in [0.15, 0.2) is 5.78 Å². The Morgan fingerprint density at radius 2 is 2.17 bits per heavy atom. The lowest BCUT2D eigenvalue weighted by atomic mass is 9.95. The normalized spacial score (nSPS) is 10.6. The van der Waals surface area contributed by atoms with Gasteiger partial charge in [0.25, 0.3) is 5.56 Å². The second-order valence-corrected chi connectivity index (χ2v) is 5.58. The Kier molecular flexibility index (Phi) is 4.60. The summed E-state index contributed by atoms with van der Waals surface area (Å²) in [6.45, 7) is 4.93. The van der Waals surface area contributed by atoms with Crippen molar-refractivity contribution in [3.05, 3.63) is 57.1 Å². The molecule has 0 aliphatic heterocycles. The number of carbonyl (C=O) groups excluding carboxylic acids is 1. The molecule has 0 aliphatic rings. The summed E-state index contributed by atoms with van der Waals surface area (Å²) >= 11 is 0. The standard InChI is InChI=1S/C17H17N3O3/c1-10(2)15(21)14-11(3)13(7-18)16(22)20(17(14)23)9-12-5-4-6-19-8-12/h4-6,8,10,23H,9H2,1-3H3. The summed E-state index contributed by atoms with van der Waals surface area (Å²) in [5.41, 5.74) is 0.180. The van der Waals surface area contributed by atoms with Crippen LogP contribution in [0.5, 0.6) is 5.88 Å². The summed E-state index contributed by atoms with van der Waals surface area (Å²) in [6, 6.07) is 5.29. The minimum Gasteiger partial charge on any atom is -0.494 e. The molecule has 0 saturated heterocycles. The monoisotopic (exact) mass is 311 g/mol. The highest BCUT2D eigenvalue weighted by atomic mass is 16.3. The third kappa shape index (κ3) is 2.99. The van der Waals surface area contributed by atoms with Crippen molar-refractivity contribution in [2.45, 2.75) is 27.3 Å². The van der Waals surface area contributed by atoms with E-state index in [-0.39, 0.29) is 34.9 Å². The van der Waals surface area contributed by atoms with Crippen LogP contribution in [0, 0.1) is 24.2 Å². The molecule has 2 aromatic rings. The Balaban J connectivity index is 2.72. The van der Waals surface area contributed by atoms with E-state index in [1.807, 2.05) is 6.07 Å². The predicted octanol–water partition coefficient (Wildman–Crippen LogP) is 2.02. The van der Waals surface area contributed by atoms with E-state index in [0.717, 1.165) is 4.57 Å². The van der Waals surface area contributed by atoms with Crippen molar-refractivity contribution in [1.82, 2.24) is 9.55 Å². The first-order valence-electron chi connectivity index (χ1n) is 7.18. The lowest BCUT2D eigenvalue weighted by Crippen LogP contribution is -2.27. The second kappa shape index (κ2) is 6.44. The summed E-state index contributed by atoms with van der Waals surface area (Å²) in [5, 5.41) is 19.7. The van der Waals surface area contributed by atoms with Gasteiger partial charge in [0, 0.05) is 18.3 Å². The zero-order valence-corrected chi connectivity index (χ0v) is 13.2. The fourth-order valence-corrected chi connectivity index (χ4v) is 2.36. The van der Waals surface area contributed by atoms with E-state index in [4.69, 9.17) is 0 Å². The van der Waals surface area contributed by atoms with Crippen molar-refractivity contribution in [2.24, 2.45) is 5.92 Å². The molecule has 0 unspecified atom stereocenters. The van der Waals surface area contributed by atoms with Crippen molar-refractivity contribution in [3.63, 3.8) is 0 Å². The number of hydrogen-bond acceptors (Lipinski definition) is 5. The molecule has 0 amide bonds. The molecule has 1 N–H and O–H groups in total. The van der Waals surface area contributed by atoms with Gasteiger partial charge in [-0.1, -0.05) is 19.9 Å². The van der Waals surface area contributed by atoms with Gasteiger partial charge in [-0.05, 0) is 24.1 Å². The number of pyridine rings is 2. The van der Waals surface area contributed by atoms with Crippen molar-refractivity contribution in [2.75, 3.05) is 0 Å². The average Bonchev–Trinajstić information content (AvgIpc) is 2.52. The molecule has 0 radical (unpaired) electrons. The van der Waals surface area contributed by atoms with E-state index in [2.05, 4.69) is 4.98 Å². The van der Waals surface area contributed by atoms with E-state index in [1.165, 1.54) is 6.92 Å². The third-order valence-electron chi connectivity index (χ3n) is 3.63. The van der Waals surface area contributed by atoms with Gasteiger partial charge in [-0.3, -0.25) is 19.1 Å². The largest absolute Gasteiger partial charge is 0.494 e. The second-order valence-electron chi connectivity index (χ2n) is 5.58. The van der Waals surface area contributed by atoms with Crippen molar-refractivity contribution < 1.29 is 9.90 Å². The molecule has 0 bridgehead atoms. The summed E-state index contributed by atoms with van der Waals surface area (Å²) in [4.78, 5) is 28.8. The molecule has 0 spiro atoms. The highest BCUT2D eigenvalue weighted by molar-refractivity contribution is 6.01. The van der Waals surface area contributed by atoms with Crippen LogP contribution in [0.25, 0.3) is 0 Å². The molecule has 2 heterocycles. The van der Waals surface area contributed by atoms with E-state index in [9.17, 15) is 20.0 Å². The van der Waals surface area contributed by atoms with Crippen LogP contribution < -0.4 is 5.56 Å². The highest BCUT2D eigenvalue weighted by Gasteiger charge is 2.25. The maximum absolute atomic E-state index is 12.4. The third-order valence-corrected chi connectivity index (χ3v) is 3.63. The molecule has 2 aromatic heterocycles. The Morgan fingerprint density at radius 3 is 2.70 bits per heavy atom. The SMILES string of the molecule is Cc1c(C(=O)C(C)C)c(O)n(Cc2cccnc2)c(=O)c1C#N. The summed E-state index contributed by atoms with van der Waals surface area (Å²) in [5.74, 6) is -1.08. The van der Waals surface area contributed by atoms with Crippen molar-refractivity contribution >= 4 is 5.78 Å². The van der Waals surface area contributed by atoms with Crippen LogP contribution in [0.4, 0.5) is 0 Å². The first-order valence-corrected chi connectivity index (χ1v) is 7.18. The van der Waals surface area contributed by atoms with Crippen molar-refractivity contribution in [3.8, 4) is 11.9 Å². The van der Waals surface area contributed by atoms with Gasteiger partial charge >= 0.3 is 0 Å². The van der Waals surface area contributed by atoms with Crippen LogP contribution in [-0.2, 0) is 6.54 Å². The molecular formula is C17H17N3O3. The van der Waals surface area contributed by atoms with Crippen molar-refractivity contribution in [1.29, 1.82) is 5.26 Å². The van der Waals surface area contributed by atoms with Crippen LogP contribution in [0.15, 0.2) is 29.3 Å². The number of aromatic hydroxyl groups is 1. The Morgan fingerprint density at radius 1 is 1.48 bits per heavy atom. The molecule has 23 heavy (non-hydrogen) atoms. The Labute approximate surface area is 133 Å². The van der Waals surface area contributed by atoms with Gasteiger partial charge in [0.1, 0.15) is 11.6 Å². The number of rotatable bonds is 4. The molecule has 6 nitrogen and oxygen atoms in total. The predicted molar refractivity (Wildman–Crippen MR) is 84.3 cm³/mol. The fourth-order valence-electron chi connectivity index (χ4n) is 2.36. The maximum atomic E-state index is 12.4. The number of ketones is 1. The zero-order chi connectivity index (χ0) is 17.1. The van der Waals surface area contributed by atoms with E-state index >= 15 is 0 Å². The quantitative estimate of drug-likeness (QED) is 0.871. The molecule has 6 heteroatoms. The molecule has 0 fully saturated rings. The van der Waals surface area contributed by atoms with Crippen LogP contribution in [-0.4, -0.2) is 20.4 Å². The molecule has 2 rings (SSSR count). The first-order chi connectivity index (χ1) is 10.9. The lowest BCUT2D eigenvalue weighted by molar-refractivity contribution is 0.0934. The van der Waals surface area contributed by atoms with Crippen LogP contribution in [0.1, 0.15) is 40.9 Å². The first kappa shape index (κ1) is 16.4. The number of nitriles is 1. The van der Waals surface area contributed by atoms with Crippen LogP contribution >= 0.6 is 0 Å². The van der Waals surface area contributed by atoms with E-state index in [1.54, 1.807) is 38.4 Å². The van der Waals surface area contributed by atoms with Crippen LogP contribution in [0.2, 0.25) is 0 Å². The molecule has 0 aromatic carbocycles. The maximum Gasteiger partial charge on any atom is 0.271 e. The minimum absolute atomic E-state index is 0.0278. The number of hydrogen-bond donors (Lipinski definition) is 1. The smallest absolute Gasteiger partial charge is 0.271 e. The van der Waals surface area contributed by atoms with Gasteiger partial charge in [-0.2, -0.15) is 5.26 Å². The summed E-state index contributed by atoms with van der Waals surface area (Å²) < 4.78 is 1.04. The topological polar surface area (TPSA) is 96.0 Å². The molecule has 118 valence electrons. The minimum atomic E-state index is -0.619. The summed E-state index contributed by atoms with van der Waals surface area (Å²) in [7, 11) is 0. The molecule has 0 atom stereocenters. The average molecular weight is 311 g/mol.